The number of rotatable bonds is 4. The summed E-state index contributed by atoms with van der Waals surface area (Å²) in [5.41, 5.74) is -0.0306. The molecule has 5 rings (SSSR count). The average Bonchev–Trinajstić information content (AvgIpc) is 3.11. The van der Waals surface area contributed by atoms with Crippen molar-refractivity contribution in [2.75, 3.05) is 12.4 Å². The number of carbonyl (C=O) groups is 2. The first-order chi connectivity index (χ1) is 15.5. The van der Waals surface area contributed by atoms with Gasteiger partial charge in [-0.25, -0.2) is 14.0 Å². The molecule has 1 aliphatic rings. The summed E-state index contributed by atoms with van der Waals surface area (Å²) in [5.74, 6) is -1.72. The lowest BCUT2D eigenvalue weighted by atomic mass is 9.88. The van der Waals surface area contributed by atoms with E-state index >= 15 is 4.39 Å². The molecule has 0 spiro atoms. The fourth-order valence-corrected chi connectivity index (χ4v) is 4.22. The maximum atomic E-state index is 15.3. The number of ether oxygens (including phenoxy) is 2. The van der Waals surface area contributed by atoms with Crippen LogP contribution < -0.4 is 5.32 Å². The second kappa shape index (κ2) is 7.50. The van der Waals surface area contributed by atoms with Crippen LogP contribution in [-0.2, 0) is 15.2 Å². The third-order valence-corrected chi connectivity index (χ3v) is 5.60. The quantitative estimate of drug-likeness (QED) is 0.451. The lowest BCUT2D eigenvalue weighted by molar-refractivity contribution is 0.0210. The highest BCUT2D eigenvalue weighted by Crippen LogP contribution is 2.46. The fourth-order valence-electron chi connectivity index (χ4n) is 4.22. The zero-order chi connectivity index (χ0) is 22.3. The number of carbonyl (C=O) groups excluding carboxylic acids is 2. The number of hydrogen-bond acceptors (Lipinski definition) is 5. The van der Waals surface area contributed by atoms with Gasteiger partial charge < -0.3 is 14.8 Å². The molecule has 1 aliphatic heterocycles. The van der Waals surface area contributed by atoms with Crippen molar-refractivity contribution in [2.45, 2.75) is 5.72 Å². The van der Waals surface area contributed by atoms with E-state index in [1.165, 1.54) is 19.2 Å². The predicted octanol–water partition coefficient (Wildman–Crippen LogP) is 5.25. The Morgan fingerprint density at radius 1 is 0.969 bits per heavy atom. The van der Waals surface area contributed by atoms with E-state index in [9.17, 15) is 9.59 Å². The molecular formula is C26H18FNO4. The monoisotopic (exact) mass is 427 g/mol. The first-order valence-corrected chi connectivity index (χ1v) is 10.0. The van der Waals surface area contributed by atoms with Crippen LogP contribution in [0.1, 0.15) is 31.8 Å². The van der Waals surface area contributed by atoms with E-state index in [1.807, 2.05) is 36.4 Å². The van der Waals surface area contributed by atoms with Gasteiger partial charge in [0.25, 0.3) is 0 Å². The van der Waals surface area contributed by atoms with E-state index in [-0.39, 0.29) is 11.1 Å². The average molecular weight is 427 g/mol. The maximum Gasteiger partial charge on any atom is 0.341 e. The van der Waals surface area contributed by atoms with Crippen molar-refractivity contribution >= 4 is 28.4 Å². The highest BCUT2D eigenvalue weighted by molar-refractivity contribution is 5.98. The summed E-state index contributed by atoms with van der Waals surface area (Å²) in [4.78, 5) is 24.9. The van der Waals surface area contributed by atoms with Crippen LogP contribution in [0.5, 0.6) is 0 Å². The lowest BCUT2D eigenvalue weighted by Crippen LogP contribution is -2.38. The number of anilines is 1. The van der Waals surface area contributed by atoms with Crippen LogP contribution in [-0.4, -0.2) is 19.0 Å². The van der Waals surface area contributed by atoms with Gasteiger partial charge in [0.1, 0.15) is 5.82 Å². The van der Waals surface area contributed by atoms with Crippen LogP contribution in [0, 0.1) is 5.82 Å². The maximum absolute atomic E-state index is 15.3. The fraction of sp³-hybridized carbons (Fsp3) is 0.0769. The Bertz CT molecular complexity index is 1380. The third kappa shape index (κ3) is 3.00. The Morgan fingerprint density at radius 3 is 2.56 bits per heavy atom. The van der Waals surface area contributed by atoms with Crippen LogP contribution in [0.4, 0.5) is 10.1 Å². The molecule has 0 saturated heterocycles. The minimum atomic E-state index is -1.63. The summed E-state index contributed by atoms with van der Waals surface area (Å²) in [6, 6.07) is 24.1. The van der Waals surface area contributed by atoms with Crippen LogP contribution in [0.25, 0.3) is 10.8 Å². The van der Waals surface area contributed by atoms with Crippen LogP contribution >= 0.6 is 0 Å². The van der Waals surface area contributed by atoms with Crippen LogP contribution in [0.2, 0.25) is 0 Å². The Labute approximate surface area is 183 Å². The van der Waals surface area contributed by atoms with Gasteiger partial charge in [-0.15, -0.1) is 0 Å². The van der Waals surface area contributed by atoms with Crippen LogP contribution in [0.3, 0.4) is 0 Å². The molecule has 0 saturated carbocycles. The SMILES string of the molecule is COC(=O)c1cccc(NC2(c3cccc4ccccc34)OC(=O)c3cccc(F)c32)c1. The number of hydrogen-bond donors (Lipinski definition) is 1. The van der Waals surface area contributed by atoms with E-state index in [0.717, 1.165) is 10.8 Å². The second-order valence-corrected chi connectivity index (χ2v) is 7.46. The standard InChI is InChI=1S/C26H18FNO4/c1-31-24(29)17-9-4-10-18(15-17)28-26(21-13-5-8-16-7-2-3-11-19(16)21)23-20(25(30)32-26)12-6-14-22(23)27/h2-15,28H,1H3. The molecule has 1 heterocycles. The van der Waals surface area contributed by atoms with Gasteiger partial charge in [0.2, 0.25) is 5.72 Å². The Hall–Kier alpha value is -4.19. The molecule has 1 atom stereocenters. The molecule has 32 heavy (non-hydrogen) atoms. The zero-order valence-corrected chi connectivity index (χ0v) is 17.1. The van der Waals surface area contributed by atoms with E-state index in [2.05, 4.69) is 5.32 Å². The molecule has 1 unspecified atom stereocenters. The summed E-state index contributed by atoms with van der Waals surface area (Å²) in [5, 5.41) is 4.93. The van der Waals surface area contributed by atoms with Gasteiger partial charge in [-0.2, -0.15) is 0 Å². The second-order valence-electron chi connectivity index (χ2n) is 7.46. The first-order valence-electron chi connectivity index (χ1n) is 10.0. The molecule has 0 fully saturated rings. The Kier molecular flexibility index (Phi) is 4.63. The van der Waals surface area contributed by atoms with Crippen LogP contribution in [0.15, 0.2) is 84.9 Å². The predicted molar refractivity (Wildman–Crippen MR) is 118 cm³/mol. The van der Waals surface area contributed by atoms with E-state index in [0.29, 0.717) is 16.8 Å². The van der Waals surface area contributed by atoms with Crippen molar-refractivity contribution in [3.8, 4) is 0 Å². The van der Waals surface area contributed by atoms with Gasteiger partial charge in [-0.3, -0.25) is 0 Å². The van der Waals surface area contributed by atoms with Gasteiger partial charge in [0, 0.05) is 11.3 Å². The van der Waals surface area contributed by atoms with Gasteiger partial charge in [-0.05, 0) is 41.1 Å². The highest BCUT2D eigenvalue weighted by atomic mass is 19.1. The smallest absolute Gasteiger partial charge is 0.341 e. The molecule has 5 nitrogen and oxygen atoms in total. The summed E-state index contributed by atoms with van der Waals surface area (Å²) in [6.45, 7) is 0. The Balaban J connectivity index is 1.78. The summed E-state index contributed by atoms with van der Waals surface area (Å²) >= 11 is 0. The molecule has 0 bridgehead atoms. The Morgan fingerprint density at radius 2 is 1.72 bits per heavy atom. The van der Waals surface area contributed by atoms with Crippen molar-refractivity contribution in [3.63, 3.8) is 0 Å². The topological polar surface area (TPSA) is 64.6 Å². The zero-order valence-electron chi connectivity index (χ0n) is 17.1. The minimum absolute atomic E-state index is 0.102. The lowest BCUT2D eigenvalue weighted by Gasteiger charge is -2.32. The van der Waals surface area contributed by atoms with E-state index in [4.69, 9.17) is 9.47 Å². The summed E-state index contributed by atoms with van der Waals surface area (Å²) in [7, 11) is 1.30. The molecule has 0 aromatic heterocycles. The molecule has 6 heteroatoms. The number of halogens is 1. The van der Waals surface area contributed by atoms with Crippen molar-refractivity contribution in [3.05, 3.63) is 113 Å². The molecule has 0 radical (unpaired) electrons. The first kappa shape index (κ1) is 19.8. The van der Waals surface area contributed by atoms with Crippen molar-refractivity contribution < 1.29 is 23.5 Å². The minimum Gasteiger partial charge on any atom is -0.465 e. The van der Waals surface area contributed by atoms with Crippen molar-refractivity contribution in [1.29, 1.82) is 0 Å². The number of esters is 2. The van der Waals surface area contributed by atoms with Gasteiger partial charge in [0.15, 0.2) is 0 Å². The number of benzene rings is 4. The summed E-state index contributed by atoms with van der Waals surface area (Å²) in [6.07, 6.45) is 0. The molecule has 4 aromatic rings. The molecule has 4 aromatic carbocycles. The van der Waals surface area contributed by atoms with Crippen molar-refractivity contribution in [1.82, 2.24) is 0 Å². The van der Waals surface area contributed by atoms with Gasteiger partial charge in [-0.1, -0.05) is 54.6 Å². The third-order valence-electron chi connectivity index (χ3n) is 5.60. The largest absolute Gasteiger partial charge is 0.465 e. The van der Waals surface area contributed by atoms with Crippen molar-refractivity contribution in [2.24, 2.45) is 0 Å². The molecule has 0 aliphatic carbocycles. The number of nitrogens with one attached hydrogen (secondary N) is 1. The normalized spacial score (nSPS) is 17.0. The van der Waals surface area contributed by atoms with E-state index < -0.39 is 23.5 Å². The molecule has 1 N–H and O–H groups in total. The highest BCUT2D eigenvalue weighted by Gasteiger charge is 2.50. The molecule has 158 valence electrons. The van der Waals surface area contributed by atoms with Gasteiger partial charge in [0.05, 0.1) is 23.8 Å². The molecular weight excluding hydrogens is 409 g/mol. The van der Waals surface area contributed by atoms with E-state index in [1.54, 1.807) is 36.4 Å². The summed E-state index contributed by atoms with van der Waals surface area (Å²) < 4.78 is 26.0. The number of cyclic esters (lactones) is 1. The van der Waals surface area contributed by atoms with Gasteiger partial charge >= 0.3 is 11.9 Å². The number of methoxy groups -OCH3 is 1. The molecule has 0 amide bonds. The number of fused-ring (bicyclic) bond motifs is 2.